The highest BCUT2D eigenvalue weighted by Crippen LogP contribution is 2.58. The summed E-state index contributed by atoms with van der Waals surface area (Å²) >= 11 is 0. The smallest absolute Gasteiger partial charge is 0.422 e. The highest BCUT2D eigenvalue weighted by molar-refractivity contribution is 7.84. The number of carbonyl (C=O) groups is 1. The summed E-state index contributed by atoms with van der Waals surface area (Å²) in [6, 6.07) is 3.86. The molecule has 148 valence electrons. The molecule has 11 heteroatoms. The van der Waals surface area contributed by atoms with Gasteiger partial charge in [0.2, 0.25) is 0 Å². The highest BCUT2D eigenvalue weighted by atomic mass is 32.2. The van der Waals surface area contributed by atoms with Gasteiger partial charge in [0.25, 0.3) is 5.91 Å². The first kappa shape index (κ1) is 19.5. The zero-order valence-corrected chi connectivity index (χ0v) is 15.1. The number of ether oxygens (including phenoxy) is 1. The third-order valence-electron chi connectivity index (χ3n) is 4.96. The van der Waals surface area contributed by atoms with Crippen LogP contribution in [0.4, 0.5) is 13.2 Å². The number of amides is 1. The number of rotatable bonds is 5. The number of fused-ring (bicyclic) bond motifs is 1. The molecule has 7 nitrogen and oxygen atoms in total. The molecule has 0 spiro atoms. The van der Waals surface area contributed by atoms with Crippen LogP contribution in [0.2, 0.25) is 0 Å². The standard InChI is InChI=1S/C16H18F3N3O4S/c1-27(25)10-2-3-12(26-8-16(17,18)19)11(4-10)13(23)22-6-9-5-15(9,7-22)14(20)21-24/h2-4,9,24H,5-8H2,1H3,(H2,20,21). The molecule has 1 heterocycles. The molecule has 0 radical (unpaired) electrons. The van der Waals surface area contributed by atoms with Crippen molar-refractivity contribution in [1.29, 1.82) is 0 Å². The van der Waals surface area contributed by atoms with Gasteiger partial charge in [-0.25, -0.2) is 0 Å². The van der Waals surface area contributed by atoms with Crippen molar-refractivity contribution in [2.24, 2.45) is 22.2 Å². The lowest BCUT2D eigenvalue weighted by molar-refractivity contribution is -0.153. The summed E-state index contributed by atoms with van der Waals surface area (Å²) in [7, 11) is -1.42. The van der Waals surface area contributed by atoms with Crippen LogP contribution in [0, 0.1) is 11.3 Å². The van der Waals surface area contributed by atoms with Crippen molar-refractivity contribution in [1.82, 2.24) is 4.90 Å². The number of piperidine rings is 1. The highest BCUT2D eigenvalue weighted by Gasteiger charge is 2.64. The Morgan fingerprint density at radius 3 is 2.81 bits per heavy atom. The van der Waals surface area contributed by atoms with E-state index in [1.165, 1.54) is 29.4 Å². The van der Waals surface area contributed by atoms with E-state index >= 15 is 0 Å². The van der Waals surface area contributed by atoms with Crippen LogP contribution in [-0.2, 0) is 10.8 Å². The Morgan fingerprint density at radius 2 is 2.22 bits per heavy atom. The second-order valence-corrected chi connectivity index (χ2v) is 8.12. The van der Waals surface area contributed by atoms with Crippen LogP contribution in [0.5, 0.6) is 5.75 Å². The van der Waals surface area contributed by atoms with E-state index in [4.69, 9.17) is 15.7 Å². The van der Waals surface area contributed by atoms with Crippen molar-refractivity contribution in [3.05, 3.63) is 23.8 Å². The number of hydrogen-bond donors (Lipinski definition) is 2. The van der Waals surface area contributed by atoms with Gasteiger partial charge in [-0.3, -0.25) is 9.00 Å². The lowest BCUT2D eigenvalue weighted by Gasteiger charge is -2.22. The summed E-state index contributed by atoms with van der Waals surface area (Å²) < 4.78 is 54.0. The molecule has 3 N–H and O–H groups in total. The van der Waals surface area contributed by atoms with Crippen molar-refractivity contribution in [3.8, 4) is 5.75 Å². The fraction of sp³-hybridized carbons (Fsp3) is 0.500. The fourth-order valence-corrected chi connectivity index (χ4v) is 3.99. The summed E-state index contributed by atoms with van der Waals surface area (Å²) in [6.07, 6.45) is -2.47. The minimum Gasteiger partial charge on any atom is -0.483 e. The van der Waals surface area contributed by atoms with E-state index in [9.17, 15) is 22.2 Å². The first-order valence-electron chi connectivity index (χ1n) is 8.02. The molecule has 1 aliphatic heterocycles. The number of carbonyl (C=O) groups excluding carboxylic acids is 1. The molecular formula is C16H18F3N3O4S. The predicted octanol–water partition coefficient (Wildman–Crippen LogP) is 1.57. The van der Waals surface area contributed by atoms with E-state index in [1.54, 1.807) is 0 Å². The normalized spacial score (nSPS) is 25.9. The molecule has 27 heavy (non-hydrogen) atoms. The maximum absolute atomic E-state index is 12.9. The number of nitrogens with zero attached hydrogens (tertiary/aromatic N) is 2. The molecule has 1 aliphatic carbocycles. The topological polar surface area (TPSA) is 105 Å². The number of halogens is 3. The lowest BCUT2D eigenvalue weighted by Crippen LogP contribution is -2.36. The quantitative estimate of drug-likeness (QED) is 0.335. The van der Waals surface area contributed by atoms with Gasteiger partial charge in [-0.2, -0.15) is 13.2 Å². The number of oxime groups is 1. The molecule has 2 fully saturated rings. The van der Waals surface area contributed by atoms with Gasteiger partial charge >= 0.3 is 6.18 Å². The summed E-state index contributed by atoms with van der Waals surface area (Å²) in [5.41, 5.74) is 5.04. The summed E-state index contributed by atoms with van der Waals surface area (Å²) in [5.74, 6) is -0.693. The number of benzene rings is 1. The molecule has 3 unspecified atom stereocenters. The van der Waals surface area contributed by atoms with E-state index in [2.05, 4.69) is 5.16 Å². The Balaban J connectivity index is 1.86. The van der Waals surface area contributed by atoms with Gasteiger partial charge in [0, 0.05) is 35.0 Å². The summed E-state index contributed by atoms with van der Waals surface area (Å²) in [4.78, 5) is 14.6. The molecule has 3 atom stereocenters. The molecule has 1 aromatic carbocycles. The van der Waals surface area contributed by atoms with Crippen LogP contribution in [0.3, 0.4) is 0 Å². The van der Waals surface area contributed by atoms with E-state index in [0.29, 0.717) is 17.9 Å². The number of amidine groups is 1. The van der Waals surface area contributed by atoms with E-state index in [0.717, 1.165) is 0 Å². The largest absolute Gasteiger partial charge is 0.483 e. The van der Waals surface area contributed by atoms with Crippen LogP contribution >= 0.6 is 0 Å². The first-order valence-corrected chi connectivity index (χ1v) is 9.57. The van der Waals surface area contributed by atoms with Gasteiger partial charge in [-0.1, -0.05) is 5.16 Å². The second kappa shape index (κ2) is 6.70. The molecule has 1 aromatic rings. The number of alkyl halides is 3. The molecule has 3 rings (SSSR count). The van der Waals surface area contributed by atoms with Crippen LogP contribution in [-0.4, -0.2) is 58.2 Å². The first-order chi connectivity index (χ1) is 12.6. The average Bonchev–Trinajstić information content (AvgIpc) is 3.19. The third-order valence-corrected chi connectivity index (χ3v) is 5.87. The molecule has 2 aliphatic rings. The van der Waals surface area contributed by atoms with Crippen LogP contribution < -0.4 is 10.5 Å². The summed E-state index contributed by atoms with van der Waals surface area (Å²) in [5, 5.41) is 11.9. The number of nitrogens with two attached hydrogens (primary N) is 1. The van der Waals surface area contributed by atoms with Crippen LogP contribution in [0.15, 0.2) is 28.3 Å². The molecule has 1 saturated carbocycles. The molecule has 0 bridgehead atoms. The van der Waals surface area contributed by atoms with Crippen molar-refractivity contribution >= 4 is 22.5 Å². The number of hydrogen-bond acceptors (Lipinski definition) is 5. The minimum absolute atomic E-state index is 0.0414. The summed E-state index contributed by atoms with van der Waals surface area (Å²) in [6.45, 7) is -1.00. The zero-order valence-electron chi connectivity index (χ0n) is 14.3. The predicted molar refractivity (Wildman–Crippen MR) is 90.2 cm³/mol. The minimum atomic E-state index is -4.56. The van der Waals surface area contributed by atoms with E-state index in [1.807, 2.05) is 0 Å². The monoisotopic (exact) mass is 405 g/mol. The van der Waals surface area contributed by atoms with E-state index < -0.39 is 34.9 Å². The molecule has 1 saturated heterocycles. The van der Waals surface area contributed by atoms with Gasteiger partial charge in [0.15, 0.2) is 6.61 Å². The zero-order chi connectivity index (χ0) is 20.0. The van der Waals surface area contributed by atoms with Gasteiger partial charge in [0.1, 0.15) is 11.6 Å². The SMILES string of the molecule is CS(=O)c1ccc(OCC(F)(F)F)c(C(=O)N2CC3CC3(C(N)=NO)C2)c1. The Bertz CT molecular complexity index is 830. The van der Waals surface area contributed by atoms with Gasteiger partial charge in [-0.05, 0) is 30.5 Å². The van der Waals surface area contributed by atoms with Gasteiger partial charge in [0.05, 0.1) is 11.0 Å². The molecule has 0 aromatic heterocycles. The van der Waals surface area contributed by atoms with Crippen molar-refractivity contribution < 1.29 is 32.1 Å². The van der Waals surface area contributed by atoms with Gasteiger partial charge in [-0.15, -0.1) is 0 Å². The van der Waals surface area contributed by atoms with Crippen molar-refractivity contribution in [3.63, 3.8) is 0 Å². The second-order valence-electron chi connectivity index (χ2n) is 6.74. The molecular weight excluding hydrogens is 387 g/mol. The maximum atomic E-state index is 12.9. The Morgan fingerprint density at radius 1 is 1.52 bits per heavy atom. The molecule has 1 amide bonds. The van der Waals surface area contributed by atoms with Crippen molar-refractivity contribution in [2.75, 3.05) is 26.0 Å². The van der Waals surface area contributed by atoms with Crippen molar-refractivity contribution in [2.45, 2.75) is 17.5 Å². The maximum Gasteiger partial charge on any atom is 0.422 e. The number of likely N-dealkylation sites (tertiary alicyclic amines) is 1. The fourth-order valence-electron chi connectivity index (χ4n) is 3.44. The lowest BCUT2D eigenvalue weighted by atomic mass is 10.1. The Kier molecular flexibility index (Phi) is 4.83. The van der Waals surface area contributed by atoms with Gasteiger partial charge < -0.3 is 20.6 Å². The van der Waals surface area contributed by atoms with Crippen LogP contribution in [0.1, 0.15) is 16.8 Å². The Labute approximate surface area is 155 Å². The van der Waals surface area contributed by atoms with E-state index in [-0.39, 0.29) is 29.6 Å². The average molecular weight is 405 g/mol. The third kappa shape index (κ3) is 3.73. The Hall–Kier alpha value is -2.30. The van der Waals surface area contributed by atoms with Crippen LogP contribution in [0.25, 0.3) is 0 Å².